The average molecular weight is 404 g/mol. The third-order valence-corrected chi connectivity index (χ3v) is 6.72. The van der Waals surface area contributed by atoms with Crippen molar-refractivity contribution in [3.05, 3.63) is 23.0 Å². The van der Waals surface area contributed by atoms with Crippen molar-refractivity contribution in [1.29, 1.82) is 0 Å². The molecule has 1 saturated carbocycles. The van der Waals surface area contributed by atoms with E-state index in [1.54, 1.807) is 7.11 Å². The minimum Gasteiger partial charge on any atom is -0.383 e. The summed E-state index contributed by atoms with van der Waals surface area (Å²) >= 11 is 0. The van der Waals surface area contributed by atoms with Crippen LogP contribution >= 0.6 is 0 Å². The molecule has 3 rings (SSSR count). The predicted molar refractivity (Wildman–Crippen MR) is 110 cm³/mol. The summed E-state index contributed by atoms with van der Waals surface area (Å²) in [5, 5.41) is 2.90. The van der Waals surface area contributed by atoms with Crippen LogP contribution in [0.5, 0.6) is 0 Å². The SMILES string of the molecule is CCC1CCC2(CC1)NC(=O)N(CC(=O)c1cc(C)n([C@@H](C)COC)c1C)C2=O. The van der Waals surface area contributed by atoms with Gasteiger partial charge in [-0.25, -0.2) is 4.79 Å². The summed E-state index contributed by atoms with van der Waals surface area (Å²) in [5.41, 5.74) is 1.54. The molecule has 2 heterocycles. The van der Waals surface area contributed by atoms with Crippen LogP contribution in [-0.2, 0) is 9.53 Å². The van der Waals surface area contributed by atoms with Crippen molar-refractivity contribution < 1.29 is 19.1 Å². The Balaban J connectivity index is 1.75. The largest absolute Gasteiger partial charge is 0.383 e. The number of carbonyl (C=O) groups excluding carboxylic acids is 3. The number of hydrogen-bond acceptors (Lipinski definition) is 4. The van der Waals surface area contributed by atoms with Gasteiger partial charge in [0, 0.05) is 24.1 Å². The van der Waals surface area contributed by atoms with Crippen LogP contribution in [0.4, 0.5) is 4.79 Å². The molecule has 160 valence electrons. The van der Waals surface area contributed by atoms with Crippen molar-refractivity contribution in [3.8, 4) is 0 Å². The Labute approximate surface area is 172 Å². The number of nitrogens with one attached hydrogen (secondary N) is 1. The number of aromatic nitrogens is 1. The molecule has 1 saturated heterocycles. The fraction of sp³-hybridized carbons (Fsp3) is 0.682. The van der Waals surface area contributed by atoms with Gasteiger partial charge in [0.1, 0.15) is 5.54 Å². The van der Waals surface area contributed by atoms with Crippen LogP contribution in [0.25, 0.3) is 0 Å². The molecule has 1 aliphatic carbocycles. The predicted octanol–water partition coefficient (Wildman–Crippen LogP) is 3.39. The van der Waals surface area contributed by atoms with Crippen LogP contribution in [0.15, 0.2) is 6.07 Å². The maximum Gasteiger partial charge on any atom is 0.325 e. The fourth-order valence-corrected chi connectivity index (χ4v) is 5.02. The summed E-state index contributed by atoms with van der Waals surface area (Å²) in [6, 6.07) is 1.49. The summed E-state index contributed by atoms with van der Waals surface area (Å²) in [5.74, 6) is 0.157. The molecule has 0 unspecified atom stereocenters. The summed E-state index contributed by atoms with van der Waals surface area (Å²) in [4.78, 5) is 39.7. The molecule has 1 spiro atoms. The number of rotatable bonds is 7. The highest BCUT2D eigenvalue weighted by molar-refractivity contribution is 6.11. The van der Waals surface area contributed by atoms with Crippen molar-refractivity contribution in [2.75, 3.05) is 20.3 Å². The lowest BCUT2D eigenvalue weighted by atomic mass is 9.75. The van der Waals surface area contributed by atoms with Gasteiger partial charge in [0.15, 0.2) is 5.78 Å². The average Bonchev–Trinajstić information content (AvgIpc) is 3.10. The highest BCUT2D eigenvalue weighted by Crippen LogP contribution is 2.37. The number of imide groups is 1. The Morgan fingerprint density at radius 2 is 1.97 bits per heavy atom. The third kappa shape index (κ3) is 3.84. The van der Waals surface area contributed by atoms with Gasteiger partial charge in [-0.2, -0.15) is 0 Å². The number of nitrogens with zero attached hydrogens (tertiary/aromatic N) is 2. The van der Waals surface area contributed by atoms with Gasteiger partial charge < -0.3 is 14.6 Å². The van der Waals surface area contributed by atoms with Gasteiger partial charge in [0.05, 0.1) is 19.2 Å². The maximum atomic E-state index is 13.1. The first-order chi connectivity index (χ1) is 13.7. The van der Waals surface area contributed by atoms with Crippen LogP contribution in [0.2, 0.25) is 0 Å². The molecule has 0 radical (unpaired) electrons. The monoisotopic (exact) mass is 403 g/mol. The molecule has 0 bridgehead atoms. The van der Waals surface area contributed by atoms with E-state index in [4.69, 9.17) is 4.74 Å². The third-order valence-electron chi connectivity index (χ3n) is 6.72. The minimum atomic E-state index is -0.813. The second-order valence-corrected chi connectivity index (χ2v) is 8.64. The lowest BCUT2D eigenvalue weighted by molar-refractivity contribution is -0.132. The minimum absolute atomic E-state index is 0.0929. The van der Waals surface area contributed by atoms with E-state index in [1.807, 2.05) is 26.8 Å². The molecule has 1 N–H and O–H groups in total. The van der Waals surface area contributed by atoms with Crippen LogP contribution in [0.3, 0.4) is 0 Å². The summed E-state index contributed by atoms with van der Waals surface area (Å²) in [6.07, 6.45) is 4.27. The smallest absolute Gasteiger partial charge is 0.325 e. The highest BCUT2D eigenvalue weighted by atomic mass is 16.5. The second-order valence-electron chi connectivity index (χ2n) is 8.64. The zero-order chi connectivity index (χ0) is 21.3. The number of urea groups is 1. The summed E-state index contributed by atoms with van der Waals surface area (Å²) in [7, 11) is 1.65. The topological polar surface area (TPSA) is 80.6 Å². The molecule has 7 heteroatoms. The van der Waals surface area contributed by atoms with E-state index in [9.17, 15) is 14.4 Å². The number of ether oxygens (including phenoxy) is 1. The van der Waals surface area contributed by atoms with Gasteiger partial charge in [-0.05, 0) is 58.4 Å². The number of aryl methyl sites for hydroxylation is 1. The van der Waals surface area contributed by atoms with Gasteiger partial charge >= 0.3 is 6.03 Å². The van der Waals surface area contributed by atoms with Gasteiger partial charge in [-0.3, -0.25) is 14.5 Å². The molecule has 7 nitrogen and oxygen atoms in total. The molecule has 1 aliphatic heterocycles. The van der Waals surface area contributed by atoms with Gasteiger partial charge in [0.25, 0.3) is 5.91 Å². The first-order valence-corrected chi connectivity index (χ1v) is 10.6. The standard InChI is InChI=1S/C22H33N3O4/c1-6-17-7-9-22(10-8-17)20(27)24(21(28)23-22)12-19(26)18-11-14(2)25(16(18)4)15(3)13-29-5/h11,15,17H,6-10,12-13H2,1-5H3,(H,23,28)/t15-,17?,22?/m0/s1. The lowest BCUT2D eigenvalue weighted by Gasteiger charge is -2.34. The number of amides is 3. The van der Waals surface area contributed by atoms with Crippen LogP contribution in [0, 0.1) is 19.8 Å². The summed E-state index contributed by atoms with van der Waals surface area (Å²) < 4.78 is 7.31. The first-order valence-electron chi connectivity index (χ1n) is 10.6. The Hall–Kier alpha value is -2.15. The molecule has 2 aliphatic rings. The van der Waals surface area contributed by atoms with Gasteiger partial charge in [0.2, 0.25) is 0 Å². The fourth-order valence-electron chi connectivity index (χ4n) is 5.02. The Kier molecular flexibility index (Phi) is 6.17. The first kappa shape index (κ1) is 21.6. The molecule has 29 heavy (non-hydrogen) atoms. The van der Waals surface area contributed by atoms with E-state index >= 15 is 0 Å². The van der Waals surface area contributed by atoms with E-state index in [-0.39, 0.29) is 24.3 Å². The number of methoxy groups -OCH3 is 1. The Bertz CT molecular complexity index is 805. The van der Waals surface area contributed by atoms with Crippen LogP contribution in [-0.4, -0.2) is 53.0 Å². The molecule has 3 amide bonds. The van der Waals surface area contributed by atoms with E-state index in [2.05, 4.69) is 16.8 Å². The normalized spacial score (nSPS) is 25.6. The van der Waals surface area contributed by atoms with E-state index in [0.29, 0.717) is 30.9 Å². The van der Waals surface area contributed by atoms with Gasteiger partial charge in [-0.15, -0.1) is 0 Å². The number of Topliss-reactive ketones (excluding diaryl/α,β-unsaturated/α-hetero) is 1. The number of carbonyl (C=O) groups is 3. The summed E-state index contributed by atoms with van der Waals surface area (Å²) in [6.45, 7) is 8.36. The second kappa shape index (κ2) is 8.30. The van der Waals surface area contributed by atoms with Crippen LogP contribution < -0.4 is 5.32 Å². The van der Waals surface area contributed by atoms with E-state index in [1.165, 1.54) is 0 Å². The zero-order valence-corrected chi connectivity index (χ0v) is 18.2. The van der Waals surface area contributed by atoms with E-state index < -0.39 is 11.6 Å². The molecule has 1 aromatic heterocycles. The Morgan fingerprint density at radius 1 is 1.31 bits per heavy atom. The molecule has 1 aromatic rings. The van der Waals surface area contributed by atoms with E-state index in [0.717, 1.165) is 35.6 Å². The van der Waals surface area contributed by atoms with Crippen molar-refractivity contribution in [2.45, 2.75) is 71.4 Å². The highest BCUT2D eigenvalue weighted by Gasteiger charge is 2.52. The molecule has 2 fully saturated rings. The quantitative estimate of drug-likeness (QED) is 0.559. The van der Waals surface area contributed by atoms with Crippen molar-refractivity contribution in [1.82, 2.24) is 14.8 Å². The van der Waals surface area contributed by atoms with Crippen molar-refractivity contribution in [3.63, 3.8) is 0 Å². The number of ketones is 1. The van der Waals surface area contributed by atoms with Gasteiger partial charge in [-0.1, -0.05) is 13.3 Å². The molecule has 0 aromatic carbocycles. The molecule has 1 atom stereocenters. The molecular weight excluding hydrogens is 370 g/mol. The lowest BCUT2D eigenvalue weighted by Crippen LogP contribution is -2.49. The van der Waals surface area contributed by atoms with Crippen molar-refractivity contribution in [2.24, 2.45) is 5.92 Å². The number of hydrogen-bond donors (Lipinski definition) is 1. The molecular formula is C22H33N3O4. The Morgan fingerprint density at radius 3 is 2.55 bits per heavy atom. The zero-order valence-electron chi connectivity index (χ0n) is 18.2. The maximum absolute atomic E-state index is 13.1. The van der Waals surface area contributed by atoms with Crippen molar-refractivity contribution >= 4 is 17.7 Å². The van der Waals surface area contributed by atoms with Crippen LogP contribution in [0.1, 0.15) is 73.7 Å².